The Morgan fingerprint density at radius 1 is 0.815 bits per heavy atom. The Bertz CT molecular complexity index is 514. The molecule has 0 aromatic rings. The van der Waals surface area contributed by atoms with Gasteiger partial charge in [-0.05, 0) is 56.8 Å². The minimum Gasteiger partial charge on any atom is -0.342 e. The molecule has 4 rings (SSSR count). The van der Waals surface area contributed by atoms with Gasteiger partial charge < -0.3 is 15.1 Å². The van der Waals surface area contributed by atoms with Crippen LogP contribution in [0.2, 0.25) is 0 Å². The van der Waals surface area contributed by atoms with Crippen LogP contribution < -0.4 is 5.32 Å². The van der Waals surface area contributed by atoms with Crippen molar-refractivity contribution in [2.75, 3.05) is 26.2 Å². The molecule has 2 amide bonds. The van der Waals surface area contributed by atoms with Crippen LogP contribution in [0.4, 0.5) is 0 Å². The van der Waals surface area contributed by atoms with Crippen molar-refractivity contribution in [3.05, 3.63) is 0 Å². The first kappa shape index (κ1) is 20.9. The number of fused-ring (bicyclic) bond motifs is 1. The van der Waals surface area contributed by atoms with E-state index in [2.05, 4.69) is 17.1 Å². The van der Waals surface area contributed by atoms with Gasteiger partial charge in [0, 0.05) is 38.1 Å². The first-order valence-corrected chi connectivity index (χ1v) is 11.0. The second-order valence-corrected chi connectivity index (χ2v) is 9.21. The molecule has 0 aromatic carbocycles. The standard InChI is InChI=1S/C21H35N3O2.ClH/c1-15-6-10-23(11-7-15)20(25)16-8-12-24(13-9-16)21(26)19-14-17-4-2-3-5-18(17)22-19;/h15-19,22H,2-14H2,1H3;1H. The number of carbonyl (C=O) groups excluding carboxylic acids is 2. The van der Waals surface area contributed by atoms with Crippen molar-refractivity contribution in [3.63, 3.8) is 0 Å². The summed E-state index contributed by atoms with van der Waals surface area (Å²) in [4.78, 5) is 29.8. The van der Waals surface area contributed by atoms with Crippen molar-refractivity contribution >= 4 is 24.2 Å². The lowest BCUT2D eigenvalue weighted by molar-refractivity contribution is -0.142. The van der Waals surface area contributed by atoms with E-state index in [1.54, 1.807) is 0 Å². The lowest BCUT2D eigenvalue weighted by atomic mass is 9.85. The summed E-state index contributed by atoms with van der Waals surface area (Å²) in [6.45, 7) is 5.64. The van der Waals surface area contributed by atoms with E-state index < -0.39 is 0 Å². The third-order valence-electron chi connectivity index (χ3n) is 7.41. The number of nitrogens with one attached hydrogen (secondary N) is 1. The molecule has 6 heteroatoms. The van der Waals surface area contributed by atoms with Gasteiger partial charge in [0.2, 0.25) is 11.8 Å². The number of halogens is 1. The molecule has 0 aromatic heterocycles. The van der Waals surface area contributed by atoms with Crippen molar-refractivity contribution in [1.82, 2.24) is 15.1 Å². The number of carbonyl (C=O) groups is 2. The van der Waals surface area contributed by atoms with Gasteiger partial charge in [-0.1, -0.05) is 19.8 Å². The van der Waals surface area contributed by atoms with E-state index >= 15 is 0 Å². The molecule has 5 nitrogen and oxygen atoms in total. The van der Waals surface area contributed by atoms with E-state index in [-0.39, 0.29) is 30.3 Å². The Balaban J connectivity index is 0.00000210. The number of likely N-dealkylation sites (tertiary alicyclic amines) is 2. The smallest absolute Gasteiger partial charge is 0.239 e. The van der Waals surface area contributed by atoms with Crippen LogP contribution in [0.3, 0.4) is 0 Å². The first-order chi connectivity index (χ1) is 12.6. The fourth-order valence-electron chi connectivity index (χ4n) is 5.56. The first-order valence-electron chi connectivity index (χ1n) is 11.0. The summed E-state index contributed by atoms with van der Waals surface area (Å²) >= 11 is 0. The predicted octanol–water partition coefficient (Wildman–Crippen LogP) is 2.83. The highest BCUT2D eigenvalue weighted by Gasteiger charge is 2.40. The number of piperidine rings is 2. The maximum atomic E-state index is 12.9. The largest absolute Gasteiger partial charge is 0.342 e. The quantitative estimate of drug-likeness (QED) is 0.779. The number of rotatable bonds is 2. The molecule has 3 aliphatic heterocycles. The molecule has 1 aliphatic carbocycles. The molecular weight excluding hydrogens is 362 g/mol. The molecule has 1 saturated carbocycles. The zero-order valence-electron chi connectivity index (χ0n) is 16.7. The van der Waals surface area contributed by atoms with Gasteiger partial charge in [0.15, 0.2) is 0 Å². The summed E-state index contributed by atoms with van der Waals surface area (Å²) in [5.74, 6) is 2.22. The molecule has 0 radical (unpaired) electrons. The van der Waals surface area contributed by atoms with Crippen LogP contribution in [0.15, 0.2) is 0 Å². The van der Waals surface area contributed by atoms with Gasteiger partial charge in [0.25, 0.3) is 0 Å². The van der Waals surface area contributed by atoms with Crippen LogP contribution in [0.1, 0.15) is 64.7 Å². The van der Waals surface area contributed by atoms with Crippen molar-refractivity contribution in [1.29, 1.82) is 0 Å². The second-order valence-electron chi connectivity index (χ2n) is 9.21. The monoisotopic (exact) mass is 397 g/mol. The fraction of sp³-hybridized carbons (Fsp3) is 0.905. The highest BCUT2D eigenvalue weighted by molar-refractivity contribution is 5.85. The molecular formula is C21H36ClN3O2. The van der Waals surface area contributed by atoms with Crippen LogP contribution >= 0.6 is 12.4 Å². The van der Waals surface area contributed by atoms with Crippen molar-refractivity contribution in [3.8, 4) is 0 Å². The molecule has 3 heterocycles. The average Bonchev–Trinajstić information content (AvgIpc) is 3.12. The number of hydrogen-bond donors (Lipinski definition) is 1. The Labute approximate surface area is 170 Å². The fourth-order valence-corrected chi connectivity index (χ4v) is 5.56. The molecule has 3 saturated heterocycles. The Morgan fingerprint density at radius 2 is 1.41 bits per heavy atom. The molecule has 154 valence electrons. The van der Waals surface area contributed by atoms with Crippen molar-refractivity contribution in [2.45, 2.75) is 76.8 Å². The Kier molecular flexibility index (Phi) is 7.07. The van der Waals surface area contributed by atoms with E-state index in [0.29, 0.717) is 17.9 Å². The third-order valence-corrected chi connectivity index (χ3v) is 7.41. The van der Waals surface area contributed by atoms with E-state index in [1.807, 2.05) is 4.90 Å². The summed E-state index contributed by atoms with van der Waals surface area (Å²) in [6, 6.07) is 0.595. The number of nitrogens with zero attached hydrogens (tertiary/aromatic N) is 2. The summed E-state index contributed by atoms with van der Waals surface area (Å²) in [5.41, 5.74) is 0. The van der Waals surface area contributed by atoms with Crippen molar-refractivity contribution < 1.29 is 9.59 Å². The normalized spacial score (nSPS) is 32.7. The molecule has 27 heavy (non-hydrogen) atoms. The van der Waals surface area contributed by atoms with Gasteiger partial charge in [0.05, 0.1) is 6.04 Å². The molecule has 0 spiro atoms. The minimum absolute atomic E-state index is 0. The summed E-state index contributed by atoms with van der Waals surface area (Å²) in [5, 5.41) is 3.61. The Morgan fingerprint density at radius 3 is 2.07 bits per heavy atom. The van der Waals surface area contributed by atoms with Gasteiger partial charge in [0.1, 0.15) is 0 Å². The van der Waals surface area contributed by atoms with Crippen LogP contribution in [0.25, 0.3) is 0 Å². The van der Waals surface area contributed by atoms with Crippen molar-refractivity contribution in [2.24, 2.45) is 17.8 Å². The topological polar surface area (TPSA) is 52.7 Å². The zero-order chi connectivity index (χ0) is 18.1. The number of amides is 2. The molecule has 4 aliphatic rings. The van der Waals surface area contributed by atoms with E-state index in [9.17, 15) is 9.59 Å². The third kappa shape index (κ3) is 4.61. The summed E-state index contributed by atoms with van der Waals surface area (Å²) < 4.78 is 0. The minimum atomic E-state index is 0. The van der Waals surface area contributed by atoms with Gasteiger partial charge in [-0.2, -0.15) is 0 Å². The highest BCUT2D eigenvalue weighted by atomic mass is 35.5. The SMILES string of the molecule is CC1CCN(C(=O)C2CCN(C(=O)C3CC4CCCCC4N3)CC2)CC1.Cl. The lowest BCUT2D eigenvalue weighted by Gasteiger charge is -2.37. The average molecular weight is 398 g/mol. The van der Waals surface area contributed by atoms with E-state index in [1.165, 1.54) is 25.7 Å². The van der Waals surface area contributed by atoms with Crippen LogP contribution in [-0.2, 0) is 9.59 Å². The Hall–Kier alpha value is -0.810. The highest BCUT2D eigenvalue weighted by Crippen LogP contribution is 2.34. The lowest BCUT2D eigenvalue weighted by Crippen LogP contribution is -2.50. The maximum Gasteiger partial charge on any atom is 0.239 e. The van der Waals surface area contributed by atoms with Gasteiger partial charge in [-0.3, -0.25) is 9.59 Å². The van der Waals surface area contributed by atoms with Crippen LogP contribution in [-0.4, -0.2) is 59.9 Å². The second kappa shape index (κ2) is 9.13. The molecule has 1 N–H and O–H groups in total. The van der Waals surface area contributed by atoms with E-state index in [0.717, 1.165) is 64.2 Å². The molecule has 0 bridgehead atoms. The molecule has 3 atom stereocenters. The summed E-state index contributed by atoms with van der Waals surface area (Å²) in [7, 11) is 0. The maximum absolute atomic E-state index is 12.9. The van der Waals surface area contributed by atoms with E-state index in [4.69, 9.17) is 0 Å². The van der Waals surface area contributed by atoms with Crippen LogP contribution in [0.5, 0.6) is 0 Å². The zero-order valence-corrected chi connectivity index (χ0v) is 17.5. The van der Waals surface area contributed by atoms with Crippen LogP contribution in [0, 0.1) is 17.8 Å². The molecule has 3 unspecified atom stereocenters. The molecule has 4 fully saturated rings. The van der Waals surface area contributed by atoms with Gasteiger partial charge >= 0.3 is 0 Å². The predicted molar refractivity (Wildman–Crippen MR) is 109 cm³/mol. The summed E-state index contributed by atoms with van der Waals surface area (Å²) in [6.07, 6.45) is 10.1. The van der Waals surface area contributed by atoms with Gasteiger partial charge in [-0.25, -0.2) is 0 Å². The number of hydrogen-bond acceptors (Lipinski definition) is 3. The van der Waals surface area contributed by atoms with Gasteiger partial charge in [-0.15, -0.1) is 12.4 Å².